The Labute approximate surface area is 604 Å². The van der Waals surface area contributed by atoms with Crippen molar-refractivity contribution >= 4 is 109 Å². The summed E-state index contributed by atoms with van der Waals surface area (Å²) in [4.78, 5) is 25.0. The number of aromatic amines is 1. The Kier molecular flexibility index (Phi) is 25.4. The SMILES string of the molecule is CC(C)(C)Nc1cc(Br)c2sc(-c3ccnn3C3CCCCO3)cc2n1.C[C@@H]1CN(CCN)C[C@@H](C)O1.C[C@@H]1CN(CCNc2cc(N)nc3cc(-c4ccn[nH]4)sc23)C[C@@H](C)O1.C[C@@H]1CN(CCNc2cc(NC(C)(C)C)nc3cc(-c4ccnn4C4CCCCO4)sc23)C[C@@H](C)O1. The Morgan fingerprint density at radius 1 is 0.535 bits per heavy atom. The van der Waals surface area contributed by atoms with Gasteiger partial charge in [-0.25, -0.2) is 24.3 Å². The topological polar surface area (TPSA) is 259 Å². The molecule has 14 rings (SSSR count). The highest BCUT2D eigenvalue weighted by Gasteiger charge is 2.28. The van der Waals surface area contributed by atoms with Crippen molar-refractivity contribution in [3.8, 4) is 31.7 Å². The molecule has 0 aliphatic carbocycles. The highest BCUT2D eigenvalue weighted by Crippen LogP contribution is 2.42. The maximum atomic E-state index is 6.04. The molecule has 9 aromatic heterocycles. The number of rotatable bonds is 17. The predicted molar refractivity (Wildman–Crippen MR) is 411 cm³/mol. The number of nitrogens with two attached hydrogens (primary N) is 2. The van der Waals surface area contributed by atoms with Crippen LogP contribution >= 0.6 is 49.9 Å². The molecule has 14 heterocycles. The van der Waals surface area contributed by atoms with E-state index in [2.05, 4.69) is 203 Å². The van der Waals surface area contributed by atoms with E-state index in [1.165, 1.54) is 17.5 Å². The standard InChI is InChI=1S/C27H40N6O2S.C19H23BrN4OS.C18H24N6OS.C8H18N2O/c1-18-16-32(17-19(2)35-18)12-11-28-20-15-24(31-27(3,4)5)30-21-14-23(36-26(20)21)22-9-10-29-33(22)25-8-6-7-13-34-25;1-19(2,3)23-16-10-12(20)18-13(22-16)11-15(26-18)14-7-8-21-24(14)17-6-4-5-9-25-17;1-11-9-24(10-12(2)25-11)6-5-20-14-8-17(19)22-15-7-16(26-18(14)15)13-3-4-21-23-13;1-7-5-10(4-3-9)6-8(2)11-7/h9-10,14-15,18-19,25H,6-8,11-13,16-17H2,1-5H3,(H2,28,30,31);7-8,10-11,17H,4-6,9H2,1-3H3,(H,22,23);3-4,7-8,11-12H,5-6,9-10H2,1-2H3,(H,21,23)(H3,19,20,22);7-8H,3-6,9H2,1-2H3/t18-,19-,25?;;11-,12-;7-,8-/m1.11/s1. The number of fused-ring (bicyclic) bond motifs is 3. The summed E-state index contributed by atoms with van der Waals surface area (Å²) in [6.07, 6.45) is 14.0. The summed E-state index contributed by atoms with van der Waals surface area (Å²) >= 11 is 8.91. The Morgan fingerprint density at radius 2 is 0.970 bits per heavy atom. The lowest BCUT2D eigenvalue weighted by molar-refractivity contribution is -0.0671. The van der Waals surface area contributed by atoms with E-state index in [0.717, 1.165) is 203 Å². The summed E-state index contributed by atoms with van der Waals surface area (Å²) in [5.74, 6) is 2.30. The molecule has 5 aliphatic heterocycles. The number of hydrogen-bond donors (Lipinski definition) is 7. The van der Waals surface area contributed by atoms with Gasteiger partial charge in [0, 0.05) is 138 Å². The fraction of sp³-hybridized carbons (Fsp3) is 0.583. The first-order valence-electron chi connectivity index (χ1n) is 35.4. The van der Waals surface area contributed by atoms with Crippen molar-refractivity contribution in [3.63, 3.8) is 0 Å². The van der Waals surface area contributed by atoms with Gasteiger partial charge in [0.1, 0.15) is 17.5 Å². The molecule has 9 aromatic rings. The van der Waals surface area contributed by atoms with Crippen LogP contribution in [0.4, 0.5) is 28.8 Å². The van der Waals surface area contributed by atoms with Crippen LogP contribution in [0.1, 0.15) is 134 Å². The molecule has 5 saturated heterocycles. The molecule has 0 aromatic carbocycles. The predicted octanol–water partition coefficient (Wildman–Crippen LogP) is 14.3. The molecule has 0 radical (unpaired) electrons. The van der Waals surface area contributed by atoms with Gasteiger partial charge in [0.25, 0.3) is 0 Å². The molecule has 9 N–H and O–H groups in total. The van der Waals surface area contributed by atoms with Gasteiger partial charge < -0.3 is 56.4 Å². The summed E-state index contributed by atoms with van der Waals surface area (Å²) in [5, 5.41) is 30.5. The van der Waals surface area contributed by atoms with Crippen LogP contribution in [0.5, 0.6) is 0 Å². The minimum Gasteiger partial charge on any atom is -0.384 e. The van der Waals surface area contributed by atoms with Crippen LogP contribution in [0.2, 0.25) is 0 Å². The van der Waals surface area contributed by atoms with E-state index < -0.39 is 0 Å². The van der Waals surface area contributed by atoms with Crippen LogP contribution in [-0.4, -0.2) is 199 Å². The zero-order chi connectivity index (χ0) is 70.0. The normalized spacial score (nSPS) is 22.8. The van der Waals surface area contributed by atoms with Crippen LogP contribution in [0.15, 0.2) is 77.7 Å². The van der Waals surface area contributed by atoms with Crippen molar-refractivity contribution in [2.45, 2.75) is 182 Å². The molecular weight excluding hydrogens is 1370 g/mol. The minimum absolute atomic E-state index is 0.0101. The third-order valence-corrected chi connectivity index (χ3v) is 21.7. The van der Waals surface area contributed by atoms with Crippen molar-refractivity contribution < 1.29 is 23.7 Å². The van der Waals surface area contributed by atoms with Crippen molar-refractivity contribution in [3.05, 3.63) is 77.7 Å². The maximum absolute atomic E-state index is 6.04. The Hall–Kier alpha value is -5.92. The molecule has 99 heavy (non-hydrogen) atoms. The quantitative estimate of drug-likeness (QED) is 0.0447. The minimum atomic E-state index is -0.0756. The number of morpholine rings is 3. The van der Waals surface area contributed by atoms with E-state index in [9.17, 15) is 0 Å². The first-order valence-corrected chi connectivity index (χ1v) is 38.6. The van der Waals surface area contributed by atoms with Crippen LogP contribution in [-0.2, 0) is 23.7 Å². The maximum Gasteiger partial charge on any atom is 0.150 e. The molecule has 0 amide bonds. The molecule has 5 fully saturated rings. The number of nitrogen functional groups attached to an aromatic ring is 1. The Morgan fingerprint density at radius 3 is 1.42 bits per heavy atom. The molecule has 538 valence electrons. The number of nitrogens with one attached hydrogen (secondary N) is 5. The number of thiophene rings is 3. The van der Waals surface area contributed by atoms with Gasteiger partial charge in [0.2, 0.25) is 0 Å². The number of pyridine rings is 3. The Balaban J connectivity index is 0.000000141. The van der Waals surface area contributed by atoms with E-state index in [0.29, 0.717) is 18.0 Å². The second kappa shape index (κ2) is 33.9. The monoisotopic (exact) mass is 1480 g/mol. The summed E-state index contributed by atoms with van der Waals surface area (Å²) < 4.78 is 37.8. The van der Waals surface area contributed by atoms with Gasteiger partial charge in [0.05, 0.1) is 110 Å². The van der Waals surface area contributed by atoms with E-state index >= 15 is 0 Å². The Bertz CT molecular complexity index is 3970. The molecule has 0 spiro atoms. The third-order valence-electron chi connectivity index (χ3n) is 17.3. The highest BCUT2D eigenvalue weighted by molar-refractivity contribution is 9.10. The van der Waals surface area contributed by atoms with Gasteiger partial charge in [-0.15, -0.1) is 34.0 Å². The van der Waals surface area contributed by atoms with Gasteiger partial charge in [-0.1, -0.05) is 0 Å². The van der Waals surface area contributed by atoms with Crippen molar-refractivity contribution in [2.75, 3.05) is 119 Å². The van der Waals surface area contributed by atoms with Crippen molar-refractivity contribution in [1.82, 2.24) is 59.4 Å². The average Bonchev–Trinajstić information content (AvgIpc) is 1.65. The van der Waals surface area contributed by atoms with Crippen LogP contribution in [0, 0.1) is 0 Å². The summed E-state index contributed by atoms with van der Waals surface area (Å²) in [5.41, 5.74) is 19.6. The summed E-state index contributed by atoms with van der Waals surface area (Å²) in [6, 6.07) is 18.6. The lowest BCUT2D eigenvalue weighted by Crippen LogP contribution is -2.46. The molecule has 8 atom stereocenters. The molecule has 27 heteroatoms. The molecule has 0 bridgehead atoms. The highest BCUT2D eigenvalue weighted by atomic mass is 79.9. The third kappa shape index (κ3) is 20.7. The van der Waals surface area contributed by atoms with Gasteiger partial charge >= 0.3 is 0 Å². The zero-order valence-electron chi connectivity index (χ0n) is 59.9. The summed E-state index contributed by atoms with van der Waals surface area (Å²) in [6.45, 7) is 38.7. The smallest absolute Gasteiger partial charge is 0.150 e. The number of nitrogens with zero attached hydrogens (tertiary/aromatic N) is 11. The fourth-order valence-electron chi connectivity index (χ4n) is 13.6. The molecule has 0 saturated carbocycles. The van der Waals surface area contributed by atoms with E-state index in [1.807, 2.05) is 33.9 Å². The average molecular weight is 1480 g/mol. The molecular formula is C72H105BrN18O5S3. The molecule has 2 unspecified atom stereocenters. The second-order valence-corrected chi connectivity index (χ2v) is 33.0. The number of H-pyrrole nitrogens is 1. The molecule has 5 aliphatic rings. The van der Waals surface area contributed by atoms with Crippen LogP contribution in [0.3, 0.4) is 0 Å². The number of anilines is 5. The van der Waals surface area contributed by atoms with Crippen LogP contribution < -0.4 is 32.7 Å². The number of hydrogen-bond acceptors (Lipinski definition) is 23. The van der Waals surface area contributed by atoms with Gasteiger partial charge in [-0.2, -0.15) is 15.3 Å². The summed E-state index contributed by atoms with van der Waals surface area (Å²) in [7, 11) is 0. The first-order chi connectivity index (χ1) is 47.5. The van der Waals surface area contributed by atoms with Gasteiger partial charge in [-0.3, -0.25) is 19.8 Å². The largest absolute Gasteiger partial charge is 0.384 e. The lowest BCUT2D eigenvalue weighted by atomic mass is 10.1. The van der Waals surface area contributed by atoms with Gasteiger partial charge in [-0.05, 0) is 180 Å². The number of halogens is 1. The first kappa shape index (κ1) is 74.3. The molecule has 23 nitrogen and oxygen atoms in total. The van der Waals surface area contributed by atoms with Crippen molar-refractivity contribution in [1.29, 1.82) is 0 Å². The zero-order valence-corrected chi connectivity index (χ0v) is 63.9. The van der Waals surface area contributed by atoms with Crippen molar-refractivity contribution in [2.24, 2.45) is 5.73 Å². The van der Waals surface area contributed by atoms with Crippen LogP contribution in [0.25, 0.3) is 62.4 Å². The second-order valence-electron chi connectivity index (χ2n) is 29.0. The van der Waals surface area contributed by atoms with E-state index in [4.69, 9.17) is 45.1 Å². The van der Waals surface area contributed by atoms with E-state index in [-0.39, 0.29) is 47.9 Å². The fourth-order valence-corrected chi connectivity index (χ4v) is 17.4. The van der Waals surface area contributed by atoms with E-state index in [1.54, 1.807) is 40.2 Å². The van der Waals surface area contributed by atoms with Gasteiger partial charge in [0.15, 0.2) is 12.5 Å². The number of ether oxygens (including phenoxy) is 5. The number of aromatic nitrogens is 9. The lowest BCUT2D eigenvalue weighted by Gasteiger charge is -2.35.